The Balaban J connectivity index is 1.90. The van der Waals surface area contributed by atoms with Gasteiger partial charge < -0.3 is 5.11 Å². The van der Waals surface area contributed by atoms with Crippen LogP contribution in [0.25, 0.3) is 5.69 Å². The lowest BCUT2D eigenvalue weighted by molar-refractivity contribution is -0.143. The third-order valence-corrected chi connectivity index (χ3v) is 4.54. The highest BCUT2D eigenvalue weighted by Crippen LogP contribution is 2.34. The van der Waals surface area contributed by atoms with Gasteiger partial charge in [0, 0.05) is 15.6 Å². The van der Waals surface area contributed by atoms with Gasteiger partial charge in [-0.05, 0) is 36.4 Å². The normalized spacial score (nSPS) is 11.8. The Morgan fingerprint density at radius 1 is 1.13 bits per heavy atom. The van der Waals surface area contributed by atoms with E-state index < -0.39 is 23.3 Å². The number of carbonyl (C=O) groups excluding carboxylic acids is 1. The maximum Gasteiger partial charge on any atom is 0.434 e. The second kappa shape index (κ2) is 8.55. The van der Waals surface area contributed by atoms with Gasteiger partial charge in [0.2, 0.25) is 0 Å². The van der Waals surface area contributed by atoms with E-state index in [9.17, 15) is 23.1 Å². The number of carbonyl (C=O) groups is 1. The van der Waals surface area contributed by atoms with Crippen LogP contribution < -0.4 is 5.43 Å². The second-order valence-electron chi connectivity index (χ2n) is 5.82. The molecule has 156 valence electrons. The number of phenolic OH excluding ortho intramolecular Hbond substituents is 1. The maximum atomic E-state index is 13.6. The van der Waals surface area contributed by atoms with E-state index in [2.05, 4.69) is 10.2 Å². The van der Waals surface area contributed by atoms with Crippen molar-refractivity contribution in [3.63, 3.8) is 0 Å². The minimum Gasteiger partial charge on any atom is -0.506 e. The summed E-state index contributed by atoms with van der Waals surface area (Å²) in [7, 11) is 0. The van der Waals surface area contributed by atoms with Gasteiger partial charge in [0.05, 0.1) is 28.7 Å². The van der Waals surface area contributed by atoms with Crippen molar-refractivity contribution >= 4 is 46.9 Å². The van der Waals surface area contributed by atoms with Crippen molar-refractivity contribution in [3.8, 4) is 11.4 Å². The zero-order valence-electron chi connectivity index (χ0n) is 14.6. The molecule has 3 aromatic rings. The number of hydrogen-bond donors (Lipinski definition) is 2. The first kappa shape index (κ1) is 21.9. The molecule has 0 aliphatic rings. The molecule has 0 saturated carbocycles. The summed E-state index contributed by atoms with van der Waals surface area (Å²) in [5.74, 6) is -1.52. The Morgan fingerprint density at radius 3 is 2.43 bits per heavy atom. The number of benzene rings is 2. The number of rotatable bonds is 4. The van der Waals surface area contributed by atoms with Crippen LogP contribution >= 0.6 is 34.8 Å². The molecule has 0 saturated heterocycles. The minimum atomic E-state index is -4.88. The van der Waals surface area contributed by atoms with Crippen molar-refractivity contribution < 1.29 is 23.1 Å². The van der Waals surface area contributed by atoms with E-state index in [1.54, 1.807) is 0 Å². The number of nitrogens with zero attached hydrogens (tertiary/aromatic N) is 3. The van der Waals surface area contributed by atoms with Crippen LogP contribution in [0.3, 0.4) is 0 Å². The van der Waals surface area contributed by atoms with Crippen LogP contribution in [0.15, 0.2) is 47.7 Å². The van der Waals surface area contributed by atoms with Crippen molar-refractivity contribution in [3.05, 3.63) is 74.5 Å². The van der Waals surface area contributed by atoms with Gasteiger partial charge in [-0.2, -0.15) is 23.4 Å². The molecular weight excluding hydrogens is 468 g/mol. The molecule has 0 aliphatic carbocycles. The number of aromatic hydroxyl groups is 1. The third-order valence-electron chi connectivity index (χ3n) is 3.78. The molecule has 12 heteroatoms. The van der Waals surface area contributed by atoms with Gasteiger partial charge in [-0.25, -0.2) is 10.1 Å². The van der Waals surface area contributed by atoms with Crippen LogP contribution in [0.2, 0.25) is 15.1 Å². The van der Waals surface area contributed by atoms with E-state index in [1.165, 1.54) is 36.4 Å². The van der Waals surface area contributed by atoms with Crippen LogP contribution in [0.5, 0.6) is 5.75 Å². The van der Waals surface area contributed by atoms with Crippen molar-refractivity contribution in [2.75, 3.05) is 0 Å². The lowest BCUT2D eigenvalue weighted by atomic mass is 10.2. The fourth-order valence-electron chi connectivity index (χ4n) is 2.47. The summed E-state index contributed by atoms with van der Waals surface area (Å²) in [6, 6.07) is 8.04. The molecule has 1 heterocycles. The molecular formula is C18H10Cl3F3N4O2. The molecule has 3 rings (SSSR count). The fraction of sp³-hybridized carbons (Fsp3) is 0.0556. The smallest absolute Gasteiger partial charge is 0.434 e. The zero-order valence-corrected chi connectivity index (χ0v) is 16.9. The Bertz CT molecular complexity index is 1130. The molecule has 6 nitrogen and oxygen atoms in total. The van der Waals surface area contributed by atoms with E-state index in [1.807, 2.05) is 5.43 Å². The molecule has 0 atom stereocenters. The quantitative estimate of drug-likeness (QED) is 0.394. The summed E-state index contributed by atoms with van der Waals surface area (Å²) in [6.07, 6.45) is -3.12. The minimum absolute atomic E-state index is 0.0562. The van der Waals surface area contributed by atoms with Gasteiger partial charge >= 0.3 is 6.18 Å². The number of amides is 1. The van der Waals surface area contributed by atoms with Crippen LogP contribution in [-0.2, 0) is 6.18 Å². The monoisotopic (exact) mass is 476 g/mol. The Kier molecular flexibility index (Phi) is 6.25. The van der Waals surface area contributed by atoms with Crippen molar-refractivity contribution in [2.24, 2.45) is 5.10 Å². The molecule has 0 radical (unpaired) electrons. The first-order chi connectivity index (χ1) is 14.1. The number of hydrazone groups is 1. The van der Waals surface area contributed by atoms with Gasteiger partial charge in [0.25, 0.3) is 5.91 Å². The summed E-state index contributed by atoms with van der Waals surface area (Å²) < 4.78 is 41.5. The predicted octanol–water partition coefficient (Wildman–Crippen LogP) is 5.32. The van der Waals surface area contributed by atoms with E-state index in [4.69, 9.17) is 34.8 Å². The molecule has 1 aromatic heterocycles. The number of aromatic nitrogens is 2. The number of alkyl halides is 3. The summed E-state index contributed by atoms with van der Waals surface area (Å²) in [5.41, 5.74) is 0.0445. The molecule has 0 bridgehead atoms. The van der Waals surface area contributed by atoms with E-state index >= 15 is 0 Å². The molecule has 0 spiro atoms. The molecule has 0 aliphatic heterocycles. The van der Waals surface area contributed by atoms with Crippen LogP contribution in [0, 0.1) is 0 Å². The average molecular weight is 478 g/mol. The fourth-order valence-corrected chi connectivity index (χ4v) is 3.11. The highest BCUT2D eigenvalue weighted by molar-refractivity contribution is 6.36. The summed E-state index contributed by atoms with van der Waals surface area (Å²) in [4.78, 5) is 12.3. The van der Waals surface area contributed by atoms with Crippen LogP contribution in [0.1, 0.15) is 21.6 Å². The largest absolute Gasteiger partial charge is 0.506 e. The Morgan fingerprint density at radius 2 is 1.80 bits per heavy atom. The number of hydrogen-bond acceptors (Lipinski definition) is 4. The molecule has 2 N–H and O–H groups in total. The molecule has 2 aromatic carbocycles. The first-order valence-corrected chi connectivity index (χ1v) is 9.14. The number of phenols is 1. The molecule has 0 unspecified atom stereocenters. The zero-order chi connectivity index (χ0) is 22.1. The first-order valence-electron chi connectivity index (χ1n) is 8.00. The highest BCUT2D eigenvalue weighted by Gasteiger charge is 2.40. The highest BCUT2D eigenvalue weighted by atomic mass is 35.5. The lowest BCUT2D eigenvalue weighted by Gasteiger charge is -2.12. The van der Waals surface area contributed by atoms with Gasteiger partial charge in [-0.3, -0.25) is 4.79 Å². The number of halogens is 6. The lowest BCUT2D eigenvalue weighted by Crippen LogP contribution is -2.23. The van der Waals surface area contributed by atoms with Crippen molar-refractivity contribution in [1.29, 1.82) is 0 Å². The van der Waals surface area contributed by atoms with E-state index in [-0.39, 0.29) is 27.0 Å². The molecule has 30 heavy (non-hydrogen) atoms. The van der Waals surface area contributed by atoms with Gasteiger partial charge in [0.1, 0.15) is 5.75 Å². The van der Waals surface area contributed by atoms with Crippen LogP contribution in [0.4, 0.5) is 13.2 Å². The third kappa shape index (κ3) is 4.69. The summed E-state index contributed by atoms with van der Waals surface area (Å²) in [6.45, 7) is 0. The topological polar surface area (TPSA) is 79.5 Å². The predicted molar refractivity (Wildman–Crippen MR) is 107 cm³/mol. The summed E-state index contributed by atoms with van der Waals surface area (Å²) >= 11 is 17.3. The Labute approximate surface area is 182 Å². The van der Waals surface area contributed by atoms with Gasteiger partial charge in [0.15, 0.2) is 5.69 Å². The summed E-state index contributed by atoms with van der Waals surface area (Å²) in [5, 5.41) is 17.5. The SMILES string of the molecule is O=C(NN=Cc1cc(Cl)cc(Cl)c1O)c1cnn(-c2ccc(Cl)cc2)c1C(F)(F)F. The average Bonchev–Trinajstić information content (AvgIpc) is 3.12. The second-order valence-corrected chi connectivity index (χ2v) is 7.10. The van der Waals surface area contributed by atoms with Gasteiger partial charge in [-0.15, -0.1) is 0 Å². The van der Waals surface area contributed by atoms with E-state index in [0.29, 0.717) is 9.70 Å². The maximum absolute atomic E-state index is 13.6. The number of nitrogens with one attached hydrogen (secondary N) is 1. The molecule has 1 amide bonds. The van der Waals surface area contributed by atoms with Gasteiger partial charge in [-0.1, -0.05) is 34.8 Å². The Hall–Kier alpha value is -2.75. The van der Waals surface area contributed by atoms with Crippen LogP contribution in [-0.4, -0.2) is 27.0 Å². The molecule has 0 fully saturated rings. The van der Waals surface area contributed by atoms with Crippen molar-refractivity contribution in [1.82, 2.24) is 15.2 Å². The van der Waals surface area contributed by atoms with Crippen molar-refractivity contribution in [2.45, 2.75) is 6.18 Å². The van der Waals surface area contributed by atoms with E-state index in [0.717, 1.165) is 12.4 Å². The standard InChI is InChI=1S/C18H10Cl3F3N4O2/c19-10-1-3-12(4-2-10)28-16(18(22,23)24)13(8-26-28)17(30)27-25-7-9-5-11(20)6-14(21)15(9)29/h1-8,29H,(H,27,30).